The molecule has 2 N–H and O–H groups in total. The number of fused-ring (bicyclic) bond motifs is 1. The van der Waals surface area contributed by atoms with Gasteiger partial charge in [0.15, 0.2) is 5.69 Å². The third-order valence-electron chi connectivity index (χ3n) is 6.51. The van der Waals surface area contributed by atoms with E-state index >= 15 is 0 Å². The van der Waals surface area contributed by atoms with Crippen LogP contribution in [0.1, 0.15) is 75.1 Å². The summed E-state index contributed by atoms with van der Waals surface area (Å²) < 4.78 is 54.8. The Hall–Kier alpha value is -2.65. The fourth-order valence-corrected chi connectivity index (χ4v) is 4.72. The second kappa shape index (κ2) is 12.9. The van der Waals surface area contributed by atoms with Crippen molar-refractivity contribution < 1.29 is 27.2 Å². The van der Waals surface area contributed by atoms with Crippen LogP contribution in [0.2, 0.25) is 0 Å². The first-order valence-corrected chi connectivity index (χ1v) is 12.3. The summed E-state index contributed by atoms with van der Waals surface area (Å²) in [7, 11) is 0. The van der Waals surface area contributed by atoms with Gasteiger partial charge in [0.25, 0.3) is 5.91 Å². The number of nitrogens with one attached hydrogen (secondary N) is 2. The van der Waals surface area contributed by atoms with Crippen LogP contribution in [0, 0.1) is 11.8 Å². The molecular formula is C25H36F4N4O2. The van der Waals surface area contributed by atoms with E-state index in [9.17, 15) is 27.2 Å². The molecule has 1 aliphatic carbocycles. The summed E-state index contributed by atoms with van der Waals surface area (Å²) in [6.07, 6.45) is -0.922. The molecule has 2 aliphatic rings. The SMILES string of the molecule is CC.CCC(CCNC(=O)c1n[nH]c2c1CCCN(C(C)=O)C2)C1CC(F)C=CC=C1C(F)(F)F. The van der Waals surface area contributed by atoms with E-state index in [0.29, 0.717) is 32.4 Å². The maximum absolute atomic E-state index is 14.1. The summed E-state index contributed by atoms with van der Waals surface area (Å²) in [5.74, 6) is -1.87. The Morgan fingerprint density at radius 1 is 1.31 bits per heavy atom. The van der Waals surface area contributed by atoms with Crippen molar-refractivity contribution in [2.45, 2.75) is 78.7 Å². The molecule has 1 aromatic rings. The first kappa shape index (κ1) is 28.6. The first-order chi connectivity index (χ1) is 16.6. The molecule has 3 atom stereocenters. The molecule has 3 rings (SSSR count). The molecular weight excluding hydrogens is 464 g/mol. The summed E-state index contributed by atoms with van der Waals surface area (Å²) in [6.45, 7) is 8.38. The molecule has 1 aromatic heterocycles. The summed E-state index contributed by atoms with van der Waals surface area (Å²) in [5.41, 5.74) is 1.02. The molecule has 0 saturated heterocycles. The molecule has 2 amide bonds. The molecule has 1 aliphatic heterocycles. The zero-order valence-electron chi connectivity index (χ0n) is 20.8. The average Bonchev–Trinajstić information content (AvgIpc) is 2.96. The number of aromatic nitrogens is 2. The van der Waals surface area contributed by atoms with Gasteiger partial charge in [0.2, 0.25) is 5.91 Å². The van der Waals surface area contributed by atoms with Crippen molar-refractivity contribution in [3.8, 4) is 0 Å². The van der Waals surface area contributed by atoms with E-state index in [4.69, 9.17) is 0 Å². The number of hydrogen-bond donors (Lipinski definition) is 2. The van der Waals surface area contributed by atoms with Gasteiger partial charge >= 0.3 is 6.18 Å². The van der Waals surface area contributed by atoms with Crippen LogP contribution in [0.15, 0.2) is 23.8 Å². The van der Waals surface area contributed by atoms with Gasteiger partial charge in [-0.05, 0) is 37.5 Å². The summed E-state index contributed by atoms with van der Waals surface area (Å²) in [4.78, 5) is 26.1. The maximum Gasteiger partial charge on any atom is 0.412 e. The average molecular weight is 501 g/mol. The van der Waals surface area contributed by atoms with E-state index in [1.54, 1.807) is 11.8 Å². The van der Waals surface area contributed by atoms with Crippen LogP contribution in [-0.4, -0.2) is 52.3 Å². The molecule has 0 saturated carbocycles. The van der Waals surface area contributed by atoms with E-state index < -0.39 is 35.7 Å². The lowest BCUT2D eigenvalue weighted by atomic mass is 9.79. The summed E-state index contributed by atoms with van der Waals surface area (Å²) in [6, 6.07) is 0. The monoisotopic (exact) mass is 500 g/mol. The molecule has 0 aromatic carbocycles. The topological polar surface area (TPSA) is 78.1 Å². The Labute approximate surface area is 204 Å². The van der Waals surface area contributed by atoms with Gasteiger partial charge in [-0.3, -0.25) is 14.7 Å². The quantitative estimate of drug-likeness (QED) is 0.522. The van der Waals surface area contributed by atoms with Gasteiger partial charge < -0.3 is 10.2 Å². The lowest BCUT2D eigenvalue weighted by Gasteiger charge is -2.29. The summed E-state index contributed by atoms with van der Waals surface area (Å²) >= 11 is 0. The maximum atomic E-state index is 14.1. The Morgan fingerprint density at radius 3 is 2.66 bits per heavy atom. The van der Waals surface area contributed by atoms with Gasteiger partial charge in [0.1, 0.15) is 6.17 Å². The molecule has 196 valence electrons. The van der Waals surface area contributed by atoms with Gasteiger partial charge in [-0.2, -0.15) is 18.3 Å². The minimum absolute atomic E-state index is 0.0504. The number of halogens is 4. The first-order valence-electron chi connectivity index (χ1n) is 12.3. The minimum atomic E-state index is -4.53. The molecule has 3 unspecified atom stereocenters. The zero-order valence-corrected chi connectivity index (χ0v) is 20.8. The Kier molecular flexibility index (Phi) is 10.5. The van der Waals surface area contributed by atoms with Crippen molar-refractivity contribution in [1.82, 2.24) is 20.4 Å². The summed E-state index contributed by atoms with van der Waals surface area (Å²) in [5, 5.41) is 9.72. The molecule has 0 radical (unpaired) electrons. The molecule has 0 fully saturated rings. The van der Waals surface area contributed by atoms with Crippen LogP contribution in [-0.2, 0) is 17.8 Å². The highest BCUT2D eigenvalue weighted by atomic mass is 19.4. The number of nitrogens with zero attached hydrogens (tertiary/aromatic N) is 2. The highest BCUT2D eigenvalue weighted by molar-refractivity contribution is 5.94. The number of rotatable bonds is 6. The Morgan fingerprint density at radius 2 is 2.03 bits per heavy atom. The molecule has 0 spiro atoms. The number of hydrogen-bond acceptors (Lipinski definition) is 3. The Balaban J connectivity index is 0.00000210. The number of carbonyl (C=O) groups is 2. The predicted molar refractivity (Wildman–Crippen MR) is 126 cm³/mol. The lowest BCUT2D eigenvalue weighted by molar-refractivity contribution is -0.129. The number of alkyl halides is 4. The lowest BCUT2D eigenvalue weighted by Crippen LogP contribution is -2.31. The number of H-pyrrole nitrogens is 1. The highest BCUT2D eigenvalue weighted by Gasteiger charge is 2.42. The van der Waals surface area contributed by atoms with Crippen molar-refractivity contribution in [2.24, 2.45) is 11.8 Å². The second-order valence-corrected chi connectivity index (χ2v) is 8.65. The molecule has 0 bridgehead atoms. The van der Waals surface area contributed by atoms with Gasteiger partial charge in [0.05, 0.1) is 12.2 Å². The van der Waals surface area contributed by atoms with Gasteiger partial charge in [-0.1, -0.05) is 45.4 Å². The third kappa shape index (κ3) is 7.41. The van der Waals surface area contributed by atoms with Crippen molar-refractivity contribution >= 4 is 11.8 Å². The van der Waals surface area contributed by atoms with Gasteiger partial charge in [0, 0.05) is 31.1 Å². The van der Waals surface area contributed by atoms with E-state index in [1.165, 1.54) is 6.92 Å². The van der Waals surface area contributed by atoms with Crippen LogP contribution in [0.3, 0.4) is 0 Å². The van der Waals surface area contributed by atoms with Gasteiger partial charge in [-0.25, -0.2) is 4.39 Å². The third-order valence-corrected chi connectivity index (χ3v) is 6.51. The second-order valence-electron chi connectivity index (χ2n) is 8.65. The molecule has 10 heteroatoms. The van der Waals surface area contributed by atoms with Crippen LogP contribution < -0.4 is 5.32 Å². The van der Waals surface area contributed by atoms with Crippen molar-refractivity contribution in [1.29, 1.82) is 0 Å². The van der Waals surface area contributed by atoms with Gasteiger partial charge in [-0.15, -0.1) is 0 Å². The van der Waals surface area contributed by atoms with E-state index in [0.717, 1.165) is 29.5 Å². The molecule has 6 nitrogen and oxygen atoms in total. The van der Waals surface area contributed by atoms with Crippen molar-refractivity contribution in [3.05, 3.63) is 40.8 Å². The number of amides is 2. The van der Waals surface area contributed by atoms with Crippen LogP contribution in [0.25, 0.3) is 0 Å². The zero-order chi connectivity index (χ0) is 26.2. The predicted octanol–water partition coefficient (Wildman–Crippen LogP) is 5.28. The Bertz CT molecular complexity index is 923. The van der Waals surface area contributed by atoms with Crippen LogP contribution in [0.5, 0.6) is 0 Å². The van der Waals surface area contributed by atoms with E-state index in [-0.39, 0.29) is 31.0 Å². The van der Waals surface area contributed by atoms with Crippen molar-refractivity contribution in [2.75, 3.05) is 13.1 Å². The number of allylic oxidation sites excluding steroid dienone is 4. The largest absolute Gasteiger partial charge is 0.412 e. The highest BCUT2D eigenvalue weighted by Crippen LogP contribution is 2.41. The normalized spacial score (nSPS) is 21.0. The van der Waals surface area contributed by atoms with E-state index in [1.807, 2.05) is 13.8 Å². The minimum Gasteiger partial charge on any atom is -0.351 e. The fourth-order valence-electron chi connectivity index (χ4n) is 4.72. The standard InChI is InChI=1S/C23H30F4N4O2.C2H6/c1-3-15(18-12-16(24)6-4-8-19(18)23(25,26)27)9-10-28-22(33)21-17-7-5-11-31(14(2)32)13-20(17)29-30-21;1-2/h4,6,8,15-16,18H,3,5,7,9-13H2,1-2H3,(H,28,33)(H,29,30);1-2H3. The fraction of sp³-hybridized carbons (Fsp3) is 0.640. The number of carbonyl (C=O) groups excluding carboxylic acids is 2. The van der Waals surface area contributed by atoms with Crippen LogP contribution in [0.4, 0.5) is 17.6 Å². The molecule has 2 heterocycles. The van der Waals surface area contributed by atoms with Crippen molar-refractivity contribution in [3.63, 3.8) is 0 Å². The smallest absolute Gasteiger partial charge is 0.351 e. The molecule has 35 heavy (non-hydrogen) atoms. The van der Waals surface area contributed by atoms with E-state index in [2.05, 4.69) is 15.5 Å². The van der Waals surface area contributed by atoms with Crippen LogP contribution >= 0.6 is 0 Å². The number of aromatic amines is 1.